The molecule has 2 aromatic carbocycles. The van der Waals surface area contributed by atoms with E-state index in [1.54, 1.807) is 18.2 Å². The van der Waals surface area contributed by atoms with E-state index in [2.05, 4.69) is 12.2 Å². The summed E-state index contributed by atoms with van der Waals surface area (Å²) in [4.78, 5) is 12.4. The minimum atomic E-state index is -3.78. The predicted octanol–water partition coefficient (Wildman–Crippen LogP) is 3.05. The molecule has 1 aliphatic rings. The minimum Gasteiger partial charge on any atom is -0.352 e. The van der Waals surface area contributed by atoms with Gasteiger partial charge >= 0.3 is 0 Å². The van der Waals surface area contributed by atoms with Crippen molar-refractivity contribution < 1.29 is 13.2 Å². The van der Waals surface area contributed by atoms with Crippen LogP contribution >= 0.6 is 0 Å². The summed E-state index contributed by atoms with van der Waals surface area (Å²) in [6.07, 6.45) is 3.21. The van der Waals surface area contributed by atoms with Gasteiger partial charge in [-0.05, 0) is 36.0 Å². The lowest BCUT2D eigenvalue weighted by Crippen LogP contribution is -2.31. The number of nitrogens with two attached hydrogens (primary N) is 1. The summed E-state index contributed by atoms with van der Waals surface area (Å²) in [6.45, 7) is 2.61. The molecule has 1 saturated carbocycles. The number of carbonyl (C=O) groups is 1. The fourth-order valence-electron chi connectivity index (χ4n) is 3.61. The van der Waals surface area contributed by atoms with E-state index < -0.39 is 10.0 Å². The summed E-state index contributed by atoms with van der Waals surface area (Å²) in [5.41, 5.74) is 2.32. The standard InChI is InChI=1S/C20H24N2O3S/c1-14-5-4-7-17(14)20(23)22-13-15-9-11-16(12-10-15)18-6-2-3-8-19(18)26(21,24)25/h2-3,6,8-12,14,17H,4-5,7,13H2,1H3,(H,22,23)(H2,21,24,25)/t14?,17-/m1/s1. The first kappa shape index (κ1) is 18.6. The second-order valence-electron chi connectivity index (χ2n) is 6.97. The number of hydrogen-bond donors (Lipinski definition) is 2. The van der Waals surface area contributed by atoms with Crippen LogP contribution in [0.2, 0.25) is 0 Å². The highest BCUT2D eigenvalue weighted by molar-refractivity contribution is 7.89. The molecule has 3 rings (SSSR count). The largest absolute Gasteiger partial charge is 0.352 e. The van der Waals surface area contributed by atoms with Crippen molar-refractivity contribution in [3.05, 3.63) is 54.1 Å². The Morgan fingerprint density at radius 3 is 2.42 bits per heavy atom. The maximum absolute atomic E-state index is 12.3. The van der Waals surface area contributed by atoms with Crippen LogP contribution in [0.1, 0.15) is 31.7 Å². The Labute approximate surface area is 154 Å². The Morgan fingerprint density at radius 1 is 1.12 bits per heavy atom. The lowest BCUT2D eigenvalue weighted by atomic mass is 9.97. The van der Waals surface area contributed by atoms with Crippen molar-refractivity contribution >= 4 is 15.9 Å². The van der Waals surface area contributed by atoms with E-state index in [4.69, 9.17) is 5.14 Å². The van der Waals surface area contributed by atoms with E-state index in [0.717, 1.165) is 30.4 Å². The van der Waals surface area contributed by atoms with Crippen LogP contribution in [0, 0.1) is 11.8 Å². The Balaban J connectivity index is 1.71. The van der Waals surface area contributed by atoms with Gasteiger partial charge in [0, 0.05) is 18.0 Å². The average Bonchev–Trinajstić information content (AvgIpc) is 3.05. The Hall–Kier alpha value is -2.18. The molecule has 5 nitrogen and oxygen atoms in total. The zero-order valence-corrected chi connectivity index (χ0v) is 15.6. The molecule has 2 atom stereocenters. The molecule has 138 valence electrons. The number of nitrogens with one attached hydrogen (secondary N) is 1. The van der Waals surface area contributed by atoms with Gasteiger partial charge in [0.05, 0.1) is 4.90 Å². The second kappa shape index (κ2) is 7.60. The number of amides is 1. The van der Waals surface area contributed by atoms with Gasteiger partial charge in [0.25, 0.3) is 0 Å². The van der Waals surface area contributed by atoms with Gasteiger partial charge < -0.3 is 5.32 Å². The van der Waals surface area contributed by atoms with Crippen LogP contribution in [0.25, 0.3) is 11.1 Å². The predicted molar refractivity (Wildman–Crippen MR) is 102 cm³/mol. The van der Waals surface area contributed by atoms with Gasteiger partial charge in [-0.1, -0.05) is 55.8 Å². The van der Waals surface area contributed by atoms with Crippen LogP contribution < -0.4 is 10.5 Å². The first-order valence-electron chi connectivity index (χ1n) is 8.85. The monoisotopic (exact) mass is 372 g/mol. The molecule has 3 N–H and O–H groups in total. The summed E-state index contributed by atoms with van der Waals surface area (Å²) in [5, 5.41) is 8.31. The summed E-state index contributed by atoms with van der Waals surface area (Å²) in [7, 11) is -3.78. The van der Waals surface area contributed by atoms with Crippen LogP contribution in [0.5, 0.6) is 0 Å². The number of hydrogen-bond acceptors (Lipinski definition) is 3. The highest BCUT2D eigenvalue weighted by Gasteiger charge is 2.29. The Kier molecular flexibility index (Phi) is 5.44. The topological polar surface area (TPSA) is 89.3 Å². The van der Waals surface area contributed by atoms with Crippen molar-refractivity contribution in [2.24, 2.45) is 17.0 Å². The molecule has 1 fully saturated rings. The summed E-state index contributed by atoms with van der Waals surface area (Å²) in [6, 6.07) is 14.2. The van der Waals surface area contributed by atoms with Crippen LogP contribution in [0.3, 0.4) is 0 Å². The molecule has 26 heavy (non-hydrogen) atoms. The SMILES string of the molecule is CC1CCC[C@H]1C(=O)NCc1ccc(-c2ccccc2S(N)(=O)=O)cc1. The fourth-order valence-corrected chi connectivity index (χ4v) is 4.37. The van der Waals surface area contributed by atoms with Crippen molar-refractivity contribution in [3.8, 4) is 11.1 Å². The van der Waals surface area contributed by atoms with Crippen molar-refractivity contribution in [1.29, 1.82) is 0 Å². The maximum atomic E-state index is 12.3. The third-order valence-corrected chi connectivity index (χ3v) is 6.09. The molecule has 1 unspecified atom stereocenters. The highest BCUT2D eigenvalue weighted by atomic mass is 32.2. The highest BCUT2D eigenvalue weighted by Crippen LogP contribution is 2.31. The molecule has 1 amide bonds. The molecule has 0 heterocycles. The normalized spacial score (nSPS) is 20.1. The second-order valence-corrected chi connectivity index (χ2v) is 8.50. The molecule has 0 bridgehead atoms. The van der Waals surface area contributed by atoms with Gasteiger partial charge in [-0.2, -0.15) is 0 Å². The third kappa shape index (κ3) is 4.14. The molecule has 2 aromatic rings. The van der Waals surface area contributed by atoms with Gasteiger partial charge in [0.2, 0.25) is 15.9 Å². The van der Waals surface area contributed by atoms with E-state index in [-0.39, 0.29) is 16.7 Å². The number of benzene rings is 2. The van der Waals surface area contributed by atoms with E-state index in [1.807, 2.05) is 24.3 Å². The molecule has 1 aliphatic carbocycles. The lowest BCUT2D eigenvalue weighted by molar-refractivity contribution is -0.126. The third-order valence-electron chi connectivity index (χ3n) is 5.12. The zero-order chi connectivity index (χ0) is 18.7. The molecular formula is C20H24N2O3S. The summed E-state index contributed by atoms with van der Waals surface area (Å²) in [5.74, 6) is 0.696. The van der Waals surface area contributed by atoms with Gasteiger partial charge in [0.15, 0.2) is 0 Å². The van der Waals surface area contributed by atoms with Gasteiger partial charge in [-0.3, -0.25) is 4.79 Å². The zero-order valence-electron chi connectivity index (χ0n) is 14.8. The van der Waals surface area contributed by atoms with Crippen molar-refractivity contribution in [2.75, 3.05) is 0 Å². The van der Waals surface area contributed by atoms with E-state index in [0.29, 0.717) is 18.0 Å². The molecule has 0 spiro atoms. The molecule has 0 aromatic heterocycles. The van der Waals surface area contributed by atoms with Crippen LogP contribution in [0.15, 0.2) is 53.4 Å². The van der Waals surface area contributed by atoms with Crippen LogP contribution in [-0.4, -0.2) is 14.3 Å². The first-order chi connectivity index (χ1) is 12.4. The molecule has 0 saturated heterocycles. The minimum absolute atomic E-state index is 0.108. The van der Waals surface area contributed by atoms with Crippen molar-refractivity contribution in [2.45, 2.75) is 37.6 Å². The van der Waals surface area contributed by atoms with Crippen molar-refractivity contribution in [3.63, 3.8) is 0 Å². The van der Waals surface area contributed by atoms with Gasteiger partial charge in [-0.15, -0.1) is 0 Å². The van der Waals surface area contributed by atoms with Crippen molar-refractivity contribution in [1.82, 2.24) is 5.32 Å². The quantitative estimate of drug-likeness (QED) is 0.845. The number of primary sulfonamides is 1. The maximum Gasteiger partial charge on any atom is 0.238 e. The van der Waals surface area contributed by atoms with E-state index in [9.17, 15) is 13.2 Å². The van der Waals surface area contributed by atoms with E-state index >= 15 is 0 Å². The van der Waals surface area contributed by atoms with E-state index in [1.165, 1.54) is 6.07 Å². The number of sulfonamides is 1. The summed E-state index contributed by atoms with van der Waals surface area (Å²) < 4.78 is 23.5. The number of carbonyl (C=O) groups excluding carboxylic acids is 1. The fraction of sp³-hybridized carbons (Fsp3) is 0.350. The first-order valence-corrected chi connectivity index (χ1v) is 10.4. The van der Waals surface area contributed by atoms with Gasteiger partial charge in [-0.25, -0.2) is 13.6 Å². The number of rotatable bonds is 5. The van der Waals surface area contributed by atoms with Crippen LogP contribution in [0.4, 0.5) is 0 Å². The Morgan fingerprint density at radius 2 is 1.81 bits per heavy atom. The summed E-state index contributed by atoms with van der Waals surface area (Å²) >= 11 is 0. The molecular weight excluding hydrogens is 348 g/mol. The molecule has 0 radical (unpaired) electrons. The lowest BCUT2D eigenvalue weighted by Gasteiger charge is -2.15. The molecule has 6 heteroatoms. The smallest absolute Gasteiger partial charge is 0.238 e. The van der Waals surface area contributed by atoms with Gasteiger partial charge in [0.1, 0.15) is 0 Å². The Bertz CT molecular complexity index is 892. The molecule has 0 aliphatic heterocycles. The average molecular weight is 372 g/mol. The van der Waals surface area contributed by atoms with Crippen LogP contribution in [-0.2, 0) is 21.4 Å².